The summed E-state index contributed by atoms with van der Waals surface area (Å²) < 4.78 is 4.86. The van der Waals surface area contributed by atoms with E-state index in [1.807, 2.05) is 0 Å². The van der Waals surface area contributed by atoms with Gasteiger partial charge >= 0.3 is 0 Å². The van der Waals surface area contributed by atoms with E-state index < -0.39 is 6.04 Å². The highest BCUT2D eigenvalue weighted by molar-refractivity contribution is 5.81. The number of nitrogens with one attached hydrogen (secondary N) is 1. The Morgan fingerprint density at radius 3 is 3.13 bits per heavy atom. The van der Waals surface area contributed by atoms with E-state index in [0.29, 0.717) is 18.7 Å². The monoisotopic (exact) mass is 209 g/mol. The highest BCUT2D eigenvalue weighted by Crippen LogP contribution is 2.00. The lowest BCUT2D eigenvalue weighted by Crippen LogP contribution is -2.39. The van der Waals surface area contributed by atoms with Crippen molar-refractivity contribution < 1.29 is 9.32 Å². The van der Waals surface area contributed by atoms with Crippen LogP contribution in [0.1, 0.15) is 17.9 Å². The predicted octanol–water partition coefficient (Wildman–Crippen LogP) is 0.503. The molecule has 5 heteroatoms. The zero-order valence-electron chi connectivity index (χ0n) is 8.69. The predicted molar refractivity (Wildman–Crippen MR) is 55.9 cm³/mol. The molecule has 0 bridgehead atoms. The third kappa shape index (κ3) is 3.55. The first kappa shape index (κ1) is 11.5. The molecule has 0 aliphatic heterocycles. The van der Waals surface area contributed by atoms with Crippen molar-refractivity contribution in [2.45, 2.75) is 25.9 Å². The molecule has 15 heavy (non-hydrogen) atoms. The second-order valence-corrected chi connectivity index (χ2v) is 3.28. The van der Waals surface area contributed by atoms with Gasteiger partial charge in [-0.25, -0.2) is 0 Å². The first-order chi connectivity index (χ1) is 7.13. The minimum absolute atomic E-state index is 0.212. The molecule has 3 N–H and O–H groups in total. The first-order valence-electron chi connectivity index (χ1n) is 4.70. The van der Waals surface area contributed by atoms with Crippen molar-refractivity contribution in [1.29, 1.82) is 0 Å². The number of hydrogen-bond donors (Lipinski definition) is 2. The minimum atomic E-state index is -0.546. The molecule has 0 aromatic carbocycles. The molecule has 0 saturated carbocycles. The number of carbonyl (C=O) groups is 1. The van der Waals surface area contributed by atoms with Crippen molar-refractivity contribution in [1.82, 2.24) is 10.5 Å². The first-order valence-corrected chi connectivity index (χ1v) is 4.70. The maximum Gasteiger partial charge on any atom is 0.237 e. The van der Waals surface area contributed by atoms with E-state index in [9.17, 15) is 4.79 Å². The van der Waals surface area contributed by atoms with Gasteiger partial charge in [0.15, 0.2) is 0 Å². The molecule has 0 spiro atoms. The second-order valence-electron chi connectivity index (χ2n) is 3.28. The number of aryl methyl sites for hydroxylation is 1. The number of nitrogens with two attached hydrogens (primary N) is 1. The molecule has 1 heterocycles. The smallest absolute Gasteiger partial charge is 0.237 e. The molecule has 1 unspecified atom stereocenters. The van der Waals surface area contributed by atoms with Crippen molar-refractivity contribution in [3.63, 3.8) is 0 Å². The number of amides is 1. The second kappa shape index (κ2) is 5.31. The average molecular weight is 209 g/mol. The molecule has 5 nitrogen and oxygen atoms in total. The van der Waals surface area contributed by atoms with Crippen molar-refractivity contribution in [3.8, 4) is 0 Å². The Labute approximate surface area is 88.3 Å². The molecule has 1 aromatic heterocycles. The molecule has 0 saturated heterocycles. The molecule has 1 rings (SSSR count). The quantitative estimate of drug-likeness (QED) is 0.692. The highest BCUT2D eigenvalue weighted by atomic mass is 16.5. The number of aromatic nitrogens is 1. The molecular weight excluding hydrogens is 194 g/mol. The summed E-state index contributed by atoms with van der Waals surface area (Å²) in [6.07, 6.45) is 2.08. The fraction of sp³-hybridized carbons (Fsp3) is 0.400. The van der Waals surface area contributed by atoms with Crippen molar-refractivity contribution in [2.24, 2.45) is 5.73 Å². The fourth-order valence-electron chi connectivity index (χ4n) is 1.10. The summed E-state index contributed by atoms with van der Waals surface area (Å²) in [6, 6.07) is 1.22. The van der Waals surface area contributed by atoms with Crippen LogP contribution in [0.25, 0.3) is 0 Å². The van der Waals surface area contributed by atoms with E-state index in [0.717, 1.165) is 5.76 Å². The lowest BCUT2D eigenvalue weighted by atomic mass is 10.2. The Kier molecular flexibility index (Phi) is 4.05. The van der Waals surface area contributed by atoms with Crippen molar-refractivity contribution in [3.05, 3.63) is 30.2 Å². The van der Waals surface area contributed by atoms with E-state index in [1.165, 1.54) is 0 Å². The summed E-state index contributed by atoms with van der Waals surface area (Å²) in [4.78, 5) is 11.4. The van der Waals surface area contributed by atoms with Gasteiger partial charge in [-0.15, -0.1) is 6.58 Å². The van der Waals surface area contributed by atoms with Gasteiger partial charge in [0.2, 0.25) is 5.91 Å². The molecule has 1 atom stereocenters. The standard InChI is InChI=1S/C10H15N3O2/c1-3-4-9(11)10(14)12-6-8-5-7(2)15-13-8/h3,5,9H,1,4,6,11H2,2H3,(H,12,14). The Balaban J connectivity index is 2.37. The van der Waals surface area contributed by atoms with Crippen LogP contribution in [0.4, 0.5) is 0 Å². The lowest BCUT2D eigenvalue weighted by Gasteiger charge is -2.08. The lowest BCUT2D eigenvalue weighted by molar-refractivity contribution is -0.122. The molecule has 82 valence electrons. The average Bonchev–Trinajstić information content (AvgIpc) is 2.61. The van der Waals surface area contributed by atoms with Crippen LogP contribution in [0.15, 0.2) is 23.2 Å². The Hall–Kier alpha value is -1.62. The summed E-state index contributed by atoms with van der Waals surface area (Å²) in [5.41, 5.74) is 6.26. The Morgan fingerprint density at radius 1 is 1.87 bits per heavy atom. The largest absolute Gasteiger partial charge is 0.361 e. The number of hydrogen-bond acceptors (Lipinski definition) is 4. The zero-order valence-corrected chi connectivity index (χ0v) is 8.69. The van der Waals surface area contributed by atoms with Crippen LogP contribution < -0.4 is 11.1 Å². The summed E-state index contributed by atoms with van der Waals surface area (Å²) in [6.45, 7) is 5.65. The topological polar surface area (TPSA) is 81.2 Å². The van der Waals surface area contributed by atoms with Gasteiger partial charge in [0, 0.05) is 6.07 Å². The van der Waals surface area contributed by atoms with Gasteiger partial charge in [-0.2, -0.15) is 0 Å². The normalized spacial score (nSPS) is 12.1. The van der Waals surface area contributed by atoms with E-state index in [1.54, 1.807) is 19.1 Å². The van der Waals surface area contributed by atoms with Gasteiger partial charge < -0.3 is 15.6 Å². The number of nitrogens with zero attached hydrogens (tertiary/aromatic N) is 1. The van der Waals surface area contributed by atoms with Crippen LogP contribution >= 0.6 is 0 Å². The third-order valence-electron chi connectivity index (χ3n) is 1.88. The van der Waals surface area contributed by atoms with Gasteiger partial charge in [0.05, 0.1) is 12.6 Å². The molecule has 0 radical (unpaired) electrons. The van der Waals surface area contributed by atoms with Gasteiger partial charge in [-0.05, 0) is 13.3 Å². The van der Waals surface area contributed by atoms with Crippen LogP contribution in [0.2, 0.25) is 0 Å². The maximum atomic E-state index is 11.4. The summed E-state index contributed by atoms with van der Waals surface area (Å²) >= 11 is 0. The van der Waals surface area contributed by atoms with Crippen LogP contribution in [0, 0.1) is 6.92 Å². The number of rotatable bonds is 5. The van der Waals surface area contributed by atoms with Crippen molar-refractivity contribution >= 4 is 5.91 Å². The van der Waals surface area contributed by atoms with E-state index in [2.05, 4.69) is 17.1 Å². The van der Waals surface area contributed by atoms with Crippen LogP contribution in [-0.4, -0.2) is 17.1 Å². The van der Waals surface area contributed by atoms with E-state index >= 15 is 0 Å². The van der Waals surface area contributed by atoms with Crippen LogP contribution in [0.3, 0.4) is 0 Å². The molecule has 0 aliphatic rings. The summed E-state index contributed by atoms with van der Waals surface area (Å²) in [5, 5.41) is 6.40. The minimum Gasteiger partial charge on any atom is -0.361 e. The van der Waals surface area contributed by atoms with E-state index in [-0.39, 0.29) is 5.91 Å². The highest BCUT2D eigenvalue weighted by Gasteiger charge is 2.11. The van der Waals surface area contributed by atoms with Gasteiger partial charge in [-0.1, -0.05) is 11.2 Å². The van der Waals surface area contributed by atoms with Crippen LogP contribution in [0.5, 0.6) is 0 Å². The molecule has 0 aliphatic carbocycles. The summed E-state index contributed by atoms with van der Waals surface area (Å²) in [5.74, 6) is 0.505. The summed E-state index contributed by atoms with van der Waals surface area (Å²) in [7, 11) is 0. The SMILES string of the molecule is C=CCC(N)C(=O)NCc1cc(C)on1. The Morgan fingerprint density at radius 2 is 2.60 bits per heavy atom. The molecule has 1 aromatic rings. The van der Waals surface area contributed by atoms with Crippen LogP contribution in [-0.2, 0) is 11.3 Å². The molecule has 0 fully saturated rings. The molecular formula is C10H15N3O2. The molecule has 1 amide bonds. The third-order valence-corrected chi connectivity index (χ3v) is 1.88. The van der Waals surface area contributed by atoms with E-state index in [4.69, 9.17) is 10.3 Å². The van der Waals surface area contributed by atoms with Crippen molar-refractivity contribution in [2.75, 3.05) is 0 Å². The van der Waals surface area contributed by atoms with Gasteiger partial charge in [-0.3, -0.25) is 4.79 Å². The number of carbonyl (C=O) groups excluding carboxylic acids is 1. The van der Waals surface area contributed by atoms with Gasteiger partial charge in [0.1, 0.15) is 11.5 Å². The fourth-order valence-corrected chi connectivity index (χ4v) is 1.10. The Bertz CT molecular complexity index is 346. The zero-order chi connectivity index (χ0) is 11.3. The maximum absolute atomic E-state index is 11.4. The van der Waals surface area contributed by atoms with Gasteiger partial charge in [0.25, 0.3) is 0 Å².